The van der Waals surface area contributed by atoms with E-state index in [2.05, 4.69) is 41.2 Å². The van der Waals surface area contributed by atoms with E-state index in [0.29, 0.717) is 29.9 Å². The molecular formula is C27H33ClN4O3. The van der Waals surface area contributed by atoms with Crippen LogP contribution >= 0.6 is 11.6 Å². The maximum atomic E-state index is 12.9. The molecule has 1 N–H and O–H groups in total. The average molecular weight is 497 g/mol. The molecule has 4 rings (SSSR count). The Labute approximate surface area is 212 Å². The zero-order chi connectivity index (χ0) is 24.8. The van der Waals surface area contributed by atoms with E-state index in [1.54, 1.807) is 6.07 Å². The van der Waals surface area contributed by atoms with Gasteiger partial charge in [-0.05, 0) is 48.9 Å². The molecule has 7 nitrogen and oxygen atoms in total. The first-order valence-corrected chi connectivity index (χ1v) is 12.4. The van der Waals surface area contributed by atoms with Crippen molar-refractivity contribution in [3.8, 4) is 17.1 Å². The van der Waals surface area contributed by atoms with Crippen LogP contribution in [0.2, 0.25) is 5.02 Å². The van der Waals surface area contributed by atoms with E-state index in [-0.39, 0.29) is 17.6 Å². The van der Waals surface area contributed by atoms with Gasteiger partial charge in [0.15, 0.2) is 11.5 Å². The van der Waals surface area contributed by atoms with Crippen LogP contribution in [-0.2, 0) is 0 Å². The molecule has 0 spiro atoms. The zero-order valence-electron chi connectivity index (χ0n) is 20.5. The lowest BCUT2D eigenvalue weighted by molar-refractivity contribution is 0.0879. The van der Waals surface area contributed by atoms with E-state index in [9.17, 15) is 4.79 Å². The number of carbonyl (C=O) groups is 1. The molecule has 1 fully saturated rings. The fourth-order valence-electron chi connectivity index (χ4n) is 4.09. The number of hydrogen-bond donors (Lipinski definition) is 1. The number of rotatable bonds is 9. The molecule has 1 aliphatic heterocycles. The summed E-state index contributed by atoms with van der Waals surface area (Å²) >= 11 is 6.53. The summed E-state index contributed by atoms with van der Waals surface area (Å²) in [7, 11) is 2.12. The minimum absolute atomic E-state index is 0.0221. The Morgan fingerprint density at radius 3 is 2.51 bits per heavy atom. The van der Waals surface area contributed by atoms with Crippen molar-refractivity contribution < 1.29 is 14.1 Å². The van der Waals surface area contributed by atoms with Crippen LogP contribution in [0.1, 0.15) is 35.9 Å². The Balaban J connectivity index is 1.42. The number of hydrogen-bond acceptors (Lipinski definition) is 6. The van der Waals surface area contributed by atoms with Crippen LogP contribution in [0.4, 0.5) is 0 Å². The fraction of sp³-hybridized carbons (Fsp3) is 0.407. The van der Waals surface area contributed by atoms with Crippen molar-refractivity contribution in [2.75, 3.05) is 46.4 Å². The van der Waals surface area contributed by atoms with Crippen LogP contribution < -0.4 is 10.1 Å². The summed E-state index contributed by atoms with van der Waals surface area (Å²) in [5, 5.41) is 7.74. The van der Waals surface area contributed by atoms with Crippen molar-refractivity contribution in [2.45, 2.75) is 19.9 Å². The van der Waals surface area contributed by atoms with Crippen molar-refractivity contribution in [1.29, 1.82) is 0 Å². The molecule has 1 amide bonds. The molecule has 3 aromatic rings. The van der Waals surface area contributed by atoms with E-state index in [0.717, 1.165) is 43.1 Å². The van der Waals surface area contributed by atoms with Crippen molar-refractivity contribution in [3.05, 3.63) is 70.9 Å². The predicted molar refractivity (Wildman–Crippen MR) is 138 cm³/mol. The number of likely N-dealkylation sites (N-methyl/N-ethyl adjacent to an activating group) is 1. The topological polar surface area (TPSA) is 70.8 Å². The first kappa shape index (κ1) is 25.2. The van der Waals surface area contributed by atoms with Gasteiger partial charge in [-0.2, -0.15) is 0 Å². The van der Waals surface area contributed by atoms with E-state index >= 15 is 0 Å². The molecular weight excluding hydrogens is 464 g/mol. The molecule has 0 radical (unpaired) electrons. The third-order valence-electron chi connectivity index (χ3n) is 6.16. The molecule has 35 heavy (non-hydrogen) atoms. The monoisotopic (exact) mass is 496 g/mol. The zero-order valence-corrected chi connectivity index (χ0v) is 21.3. The number of carbonyl (C=O) groups excluding carboxylic acids is 1. The first-order chi connectivity index (χ1) is 16.9. The highest BCUT2D eigenvalue weighted by Gasteiger charge is 2.26. The molecule has 186 valence electrons. The second-order valence-electron chi connectivity index (χ2n) is 9.39. The lowest BCUT2D eigenvalue weighted by Gasteiger charge is -2.38. The van der Waals surface area contributed by atoms with E-state index < -0.39 is 0 Å². The van der Waals surface area contributed by atoms with E-state index in [1.807, 2.05) is 48.5 Å². The van der Waals surface area contributed by atoms with Crippen molar-refractivity contribution in [1.82, 2.24) is 20.3 Å². The number of aromatic nitrogens is 1. The Morgan fingerprint density at radius 2 is 1.83 bits per heavy atom. The van der Waals surface area contributed by atoms with Gasteiger partial charge in [-0.25, -0.2) is 0 Å². The summed E-state index contributed by atoms with van der Waals surface area (Å²) < 4.78 is 11.2. The van der Waals surface area contributed by atoms with Crippen LogP contribution in [0.15, 0.2) is 59.1 Å². The minimum atomic E-state index is -0.275. The van der Waals surface area contributed by atoms with Gasteiger partial charge in [0.2, 0.25) is 0 Å². The second kappa shape index (κ2) is 11.7. The van der Waals surface area contributed by atoms with Crippen molar-refractivity contribution in [2.24, 2.45) is 5.92 Å². The van der Waals surface area contributed by atoms with E-state index in [4.69, 9.17) is 20.9 Å². The van der Waals surface area contributed by atoms with Gasteiger partial charge in [-0.15, -0.1) is 0 Å². The summed E-state index contributed by atoms with van der Waals surface area (Å²) in [6.45, 7) is 9.08. The highest BCUT2D eigenvalue weighted by Crippen LogP contribution is 2.28. The van der Waals surface area contributed by atoms with Gasteiger partial charge in [-0.3, -0.25) is 9.69 Å². The molecule has 0 aliphatic carbocycles. The normalized spacial score (nSPS) is 15.8. The number of piperazine rings is 1. The molecule has 1 saturated heterocycles. The lowest BCUT2D eigenvalue weighted by Crippen LogP contribution is -2.48. The Kier molecular flexibility index (Phi) is 8.44. The molecule has 1 aliphatic rings. The maximum absolute atomic E-state index is 12.9. The lowest BCUT2D eigenvalue weighted by atomic mass is 10.0. The van der Waals surface area contributed by atoms with Crippen LogP contribution in [0, 0.1) is 5.92 Å². The van der Waals surface area contributed by atoms with E-state index in [1.165, 1.54) is 0 Å². The quantitative estimate of drug-likeness (QED) is 0.461. The van der Waals surface area contributed by atoms with Crippen LogP contribution in [-0.4, -0.2) is 67.2 Å². The molecule has 0 unspecified atom stereocenters. The van der Waals surface area contributed by atoms with Gasteiger partial charge in [0, 0.05) is 49.4 Å². The molecule has 2 aromatic carbocycles. The third-order valence-corrected chi connectivity index (χ3v) is 6.51. The standard InChI is InChI=1S/C27H33ClN4O3/c1-19(2)18-34-21-10-8-20(9-11-21)26-16-24(30-35-26)27(33)29-17-25(22-6-4-5-7-23(22)28)32-14-12-31(3)13-15-32/h4-11,16,19,25H,12-15,17-18H2,1-3H3,(H,29,33)/t25-/m0/s1. The van der Waals surface area contributed by atoms with Crippen molar-refractivity contribution >= 4 is 17.5 Å². The third kappa shape index (κ3) is 6.63. The molecule has 0 bridgehead atoms. The largest absolute Gasteiger partial charge is 0.493 e. The van der Waals surface area contributed by atoms with Gasteiger partial charge in [0.1, 0.15) is 5.75 Å². The second-order valence-corrected chi connectivity index (χ2v) is 9.80. The number of halogens is 1. The smallest absolute Gasteiger partial charge is 0.273 e. The summed E-state index contributed by atoms with van der Waals surface area (Å²) in [6, 6.07) is 17.1. The minimum Gasteiger partial charge on any atom is -0.493 e. The van der Waals surface area contributed by atoms with Gasteiger partial charge >= 0.3 is 0 Å². The Hall–Kier alpha value is -2.87. The molecule has 8 heteroatoms. The highest BCUT2D eigenvalue weighted by atomic mass is 35.5. The average Bonchev–Trinajstić information content (AvgIpc) is 3.35. The Morgan fingerprint density at radius 1 is 1.11 bits per heavy atom. The van der Waals surface area contributed by atoms with Gasteiger partial charge < -0.3 is 19.5 Å². The Bertz CT molecular complexity index is 1110. The van der Waals surface area contributed by atoms with Crippen LogP contribution in [0.5, 0.6) is 5.75 Å². The molecule has 1 atom stereocenters. The van der Waals surface area contributed by atoms with Crippen LogP contribution in [0.3, 0.4) is 0 Å². The predicted octanol–water partition coefficient (Wildman–Crippen LogP) is 4.75. The highest BCUT2D eigenvalue weighted by molar-refractivity contribution is 6.31. The number of ether oxygens (including phenoxy) is 1. The molecule has 0 saturated carbocycles. The fourth-order valence-corrected chi connectivity index (χ4v) is 4.35. The summed E-state index contributed by atoms with van der Waals surface area (Å²) in [4.78, 5) is 17.6. The van der Waals surface area contributed by atoms with Crippen LogP contribution in [0.25, 0.3) is 11.3 Å². The SMILES string of the molecule is CC(C)COc1ccc(-c2cc(C(=O)NC[C@@H](c3ccccc3Cl)N3CCN(C)CC3)no2)cc1. The molecule has 2 heterocycles. The summed E-state index contributed by atoms with van der Waals surface area (Å²) in [5.74, 6) is 1.52. The van der Waals surface area contributed by atoms with Gasteiger partial charge in [-0.1, -0.05) is 48.8 Å². The van der Waals surface area contributed by atoms with Crippen molar-refractivity contribution in [3.63, 3.8) is 0 Å². The summed E-state index contributed by atoms with van der Waals surface area (Å²) in [6.07, 6.45) is 0. The number of nitrogens with one attached hydrogen (secondary N) is 1. The maximum Gasteiger partial charge on any atom is 0.273 e. The van der Waals surface area contributed by atoms with Gasteiger partial charge in [0.05, 0.1) is 12.6 Å². The first-order valence-electron chi connectivity index (χ1n) is 12.1. The number of nitrogens with zero attached hydrogens (tertiary/aromatic N) is 3. The number of benzene rings is 2. The number of amides is 1. The summed E-state index contributed by atoms with van der Waals surface area (Å²) in [5.41, 5.74) is 2.09. The molecule has 1 aromatic heterocycles. The van der Waals surface area contributed by atoms with Gasteiger partial charge in [0.25, 0.3) is 5.91 Å².